The molecule has 0 amide bonds. The van der Waals surface area contributed by atoms with Gasteiger partial charge in [-0.25, -0.2) is 0 Å². The van der Waals surface area contributed by atoms with Gasteiger partial charge in [-0.2, -0.15) is 0 Å². The summed E-state index contributed by atoms with van der Waals surface area (Å²) in [6.45, 7) is 5.75. The molecule has 0 aromatic carbocycles. The molecule has 1 heterocycles. The summed E-state index contributed by atoms with van der Waals surface area (Å²) in [5, 5.41) is 0. The minimum Gasteiger partial charge on any atom is -0.379 e. The third-order valence-corrected chi connectivity index (χ3v) is 3.87. The molecule has 1 aliphatic carbocycles. The van der Waals surface area contributed by atoms with Gasteiger partial charge < -0.3 is 9.53 Å². The lowest BCUT2D eigenvalue weighted by atomic mass is 9.87. The van der Waals surface area contributed by atoms with Crippen LogP contribution in [0.2, 0.25) is 0 Å². The average Bonchev–Trinajstić information content (AvgIpc) is 2.71. The zero-order chi connectivity index (χ0) is 10.7. The Morgan fingerprint density at radius 2 is 2.20 bits per heavy atom. The standard InChI is InChI=1S/C12H21NO2/c1-11-8-15-7-6-13(11)9-12(10-14)4-2-3-5-12/h10-11H,2-9H2,1H3. The van der Waals surface area contributed by atoms with Gasteiger partial charge in [0.05, 0.1) is 13.2 Å². The minimum atomic E-state index is -0.0361. The van der Waals surface area contributed by atoms with Crippen LogP contribution >= 0.6 is 0 Å². The molecular formula is C12H21NO2. The Hall–Kier alpha value is -0.410. The highest BCUT2D eigenvalue weighted by atomic mass is 16.5. The van der Waals surface area contributed by atoms with Crippen molar-refractivity contribution < 1.29 is 9.53 Å². The number of hydrogen-bond acceptors (Lipinski definition) is 3. The van der Waals surface area contributed by atoms with Gasteiger partial charge in [0.2, 0.25) is 0 Å². The molecule has 2 aliphatic rings. The molecule has 1 aliphatic heterocycles. The van der Waals surface area contributed by atoms with Crippen molar-refractivity contribution in [1.29, 1.82) is 0 Å². The van der Waals surface area contributed by atoms with E-state index in [4.69, 9.17) is 4.74 Å². The van der Waals surface area contributed by atoms with Crippen molar-refractivity contribution in [3.8, 4) is 0 Å². The van der Waals surface area contributed by atoms with Crippen molar-refractivity contribution in [2.24, 2.45) is 5.41 Å². The zero-order valence-electron chi connectivity index (χ0n) is 9.58. The lowest BCUT2D eigenvalue weighted by Gasteiger charge is -2.38. The van der Waals surface area contributed by atoms with Crippen molar-refractivity contribution >= 4 is 6.29 Å². The fourth-order valence-corrected chi connectivity index (χ4v) is 2.79. The third-order valence-electron chi connectivity index (χ3n) is 3.87. The summed E-state index contributed by atoms with van der Waals surface area (Å²) in [6, 6.07) is 0.469. The summed E-state index contributed by atoms with van der Waals surface area (Å²) in [4.78, 5) is 13.7. The summed E-state index contributed by atoms with van der Waals surface area (Å²) >= 11 is 0. The molecule has 0 bridgehead atoms. The van der Waals surface area contributed by atoms with Crippen molar-refractivity contribution in [3.63, 3.8) is 0 Å². The molecule has 0 aromatic rings. The Balaban J connectivity index is 1.96. The summed E-state index contributed by atoms with van der Waals surface area (Å²) in [6.07, 6.45) is 5.82. The van der Waals surface area contributed by atoms with Gasteiger partial charge in [0.15, 0.2) is 0 Å². The van der Waals surface area contributed by atoms with Crippen LogP contribution in [0.1, 0.15) is 32.6 Å². The van der Waals surface area contributed by atoms with E-state index in [2.05, 4.69) is 11.8 Å². The highest BCUT2D eigenvalue weighted by Crippen LogP contribution is 2.37. The van der Waals surface area contributed by atoms with Crippen LogP contribution in [0.5, 0.6) is 0 Å². The van der Waals surface area contributed by atoms with Gasteiger partial charge >= 0.3 is 0 Å². The lowest BCUT2D eigenvalue weighted by molar-refractivity contribution is -0.118. The highest BCUT2D eigenvalue weighted by molar-refractivity contribution is 5.60. The van der Waals surface area contributed by atoms with E-state index < -0.39 is 0 Å². The molecule has 1 saturated heterocycles. The molecule has 86 valence electrons. The third kappa shape index (κ3) is 2.40. The average molecular weight is 211 g/mol. The molecular weight excluding hydrogens is 190 g/mol. The van der Waals surface area contributed by atoms with Crippen molar-refractivity contribution in [2.45, 2.75) is 38.6 Å². The van der Waals surface area contributed by atoms with E-state index in [0.717, 1.165) is 39.1 Å². The number of aldehydes is 1. The van der Waals surface area contributed by atoms with Gasteiger partial charge in [-0.1, -0.05) is 12.8 Å². The number of rotatable bonds is 3. The van der Waals surface area contributed by atoms with Crippen LogP contribution in [-0.4, -0.2) is 43.5 Å². The van der Waals surface area contributed by atoms with Crippen LogP contribution in [0.3, 0.4) is 0 Å². The maximum absolute atomic E-state index is 11.3. The van der Waals surface area contributed by atoms with Crippen LogP contribution in [0.25, 0.3) is 0 Å². The maximum atomic E-state index is 11.3. The fourth-order valence-electron chi connectivity index (χ4n) is 2.79. The largest absolute Gasteiger partial charge is 0.379 e. The van der Waals surface area contributed by atoms with E-state index in [0.29, 0.717) is 6.04 Å². The molecule has 0 aromatic heterocycles. The predicted molar refractivity (Wildman–Crippen MR) is 58.8 cm³/mol. The molecule has 3 heteroatoms. The van der Waals surface area contributed by atoms with Crippen LogP contribution < -0.4 is 0 Å². The highest BCUT2D eigenvalue weighted by Gasteiger charge is 2.36. The molecule has 3 nitrogen and oxygen atoms in total. The van der Waals surface area contributed by atoms with E-state index in [1.165, 1.54) is 19.1 Å². The maximum Gasteiger partial charge on any atom is 0.127 e. The van der Waals surface area contributed by atoms with E-state index >= 15 is 0 Å². The fraction of sp³-hybridized carbons (Fsp3) is 0.917. The molecule has 1 atom stereocenters. The van der Waals surface area contributed by atoms with Gasteiger partial charge in [0, 0.05) is 24.5 Å². The first kappa shape index (κ1) is 11.1. The van der Waals surface area contributed by atoms with E-state index in [1.54, 1.807) is 0 Å². The van der Waals surface area contributed by atoms with E-state index in [-0.39, 0.29) is 5.41 Å². The molecule has 0 N–H and O–H groups in total. The molecule has 15 heavy (non-hydrogen) atoms. The van der Waals surface area contributed by atoms with Crippen molar-refractivity contribution in [3.05, 3.63) is 0 Å². The van der Waals surface area contributed by atoms with Gasteiger partial charge in [-0.3, -0.25) is 4.90 Å². The smallest absolute Gasteiger partial charge is 0.127 e. The first-order chi connectivity index (χ1) is 7.26. The number of carbonyl (C=O) groups is 1. The van der Waals surface area contributed by atoms with E-state index in [1.807, 2.05) is 0 Å². The van der Waals surface area contributed by atoms with Crippen LogP contribution in [-0.2, 0) is 9.53 Å². The lowest BCUT2D eigenvalue weighted by Crippen LogP contribution is -2.48. The van der Waals surface area contributed by atoms with Gasteiger partial charge in [-0.05, 0) is 19.8 Å². The zero-order valence-corrected chi connectivity index (χ0v) is 9.58. The Morgan fingerprint density at radius 1 is 1.47 bits per heavy atom. The number of carbonyl (C=O) groups excluding carboxylic acids is 1. The minimum absolute atomic E-state index is 0.0361. The second-order valence-corrected chi connectivity index (χ2v) is 5.08. The Kier molecular flexibility index (Phi) is 3.42. The molecule has 2 rings (SSSR count). The van der Waals surface area contributed by atoms with Gasteiger partial charge in [0.25, 0.3) is 0 Å². The second kappa shape index (κ2) is 4.62. The number of morpholine rings is 1. The number of ether oxygens (including phenoxy) is 1. The molecule has 1 saturated carbocycles. The Bertz CT molecular complexity index is 224. The quantitative estimate of drug-likeness (QED) is 0.662. The summed E-state index contributed by atoms with van der Waals surface area (Å²) < 4.78 is 5.41. The Morgan fingerprint density at radius 3 is 2.80 bits per heavy atom. The van der Waals surface area contributed by atoms with Crippen molar-refractivity contribution in [1.82, 2.24) is 4.90 Å². The van der Waals surface area contributed by atoms with E-state index in [9.17, 15) is 4.79 Å². The topological polar surface area (TPSA) is 29.5 Å². The summed E-state index contributed by atoms with van der Waals surface area (Å²) in [5.74, 6) is 0. The molecule has 2 fully saturated rings. The summed E-state index contributed by atoms with van der Waals surface area (Å²) in [5.41, 5.74) is -0.0361. The SMILES string of the molecule is CC1COCCN1CC1(C=O)CCCC1. The second-order valence-electron chi connectivity index (χ2n) is 5.08. The summed E-state index contributed by atoms with van der Waals surface area (Å²) in [7, 11) is 0. The number of hydrogen-bond donors (Lipinski definition) is 0. The normalized spacial score (nSPS) is 31.7. The monoisotopic (exact) mass is 211 g/mol. The molecule has 0 radical (unpaired) electrons. The number of nitrogens with zero attached hydrogens (tertiary/aromatic N) is 1. The predicted octanol–water partition coefficient (Wildman–Crippen LogP) is 1.47. The van der Waals surface area contributed by atoms with Crippen LogP contribution in [0.4, 0.5) is 0 Å². The molecule has 1 unspecified atom stereocenters. The first-order valence-electron chi connectivity index (χ1n) is 6.04. The van der Waals surface area contributed by atoms with Crippen LogP contribution in [0, 0.1) is 5.41 Å². The van der Waals surface area contributed by atoms with Gasteiger partial charge in [0.1, 0.15) is 6.29 Å². The van der Waals surface area contributed by atoms with Gasteiger partial charge in [-0.15, -0.1) is 0 Å². The molecule has 0 spiro atoms. The van der Waals surface area contributed by atoms with Crippen LogP contribution in [0.15, 0.2) is 0 Å². The Labute approximate surface area is 91.8 Å². The van der Waals surface area contributed by atoms with Crippen molar-refractivity contribution in [2.75, 3.05) is 26.3 Å². The first-order valence-corrected chi connectivity index (χ1v) is 6.04.